The number of unbranched alkanes of at least 4 members (excludes halogenated alkanes) is 11. The number of hydrogen-bond acceptors (Lipinski definition) is 2. The van der Waals surface area contributed by atoms with Crippen LogP contribution < -0.4 is 18.9 Å². The van der Waals surface area contributed by atoms with Crippen molar-refractivity contribution in [3.63, 3.8) is 0 Å². The molecule has 4 heteroatoms. The van der Waals surface area contributed by atoms with Crippen molar-refractivity contribution in [3.8, 4) is 0 Å². The standard InChI is InChI=1S/C15H30O3.Li.H/c1-2-3-4-5-6-7-8-9-10-11-12-13-14-18-15(16)17;;/h2-14H2,1H3,(H,16,17);;/q;+1;-1. The maximum absolute atomic E-state index is 10.1. The second-order valence-corrected chi connectivity index (χ2v) is 5.00. The first kappa shape index (κ1) is 21.2. The van der Waals surface area contributed by atoms with Gasteiger partial charge in [-0.25, -0.2) is 4.79 Å². The summed E-state index contributed by atoms with van der Waals surface area (Å²) in [5, 5.41) is 8.27. The first-order valence-corrected chi connectivity index (χ1v) is 7.63. The fraction of sp³-hybridized carbons (Fsp3) is 0.933. The third-order valence-corrected chi connectivity index (χ3v) is 3.22. The second kappa shape index (κ2) is 17.9. The second-order valence-electron chi connectivity index (χ2n) is 5.00. The largest absolute Gasteiger partial charge is 1.00 e. The molecule has 110 valence electrons. The molecule has 0 fully saturated rings. The minimum Gasteiger partial charge on any atom is -1.00 e. The summed E-state index contributed by atoms with van der Waals surface area (Å²) >= 11 is 0. The summed E-state index contributed by atoms with van der Waals surface area (Å²) in [5.74, 6) is 0. The van der Waals surface area contributed by atoms with E-state index < -0.39 is 6.16 Å². The number of carboxylic acid groups (broad SMARTS) is 1. The van der Waals surface area contributed by atoms with Crippen molar-refractivity contribution in [2.75, 3.05) is 6.61 Å². The van der Waals surface area contributed by atoms with Crippen LogP contribution in [0.1, 0.15) is 85.4 Å². The zero-order valence-electron chi connectivity index (χ0n) is 14.0. The monoisotopic (exact) mass is 266 g/mol. The Bertz CT molecular complexity index is 192. The Kier molecular flexibility index (Phi) is 19.9. The molecule has 1 N–H and O–H groups in total. The molecule has 0 saturated carbocycles. The molecule has 0 aromatic carbocycles. The fourth-order valence-corrected chi connectivity index (χ4v) is 2.10. The van der Waals surface area contributed by atoms with Crippen LogP contribution in [0.3, 0.4) is 0 Å². The van der Waals surface area contributed by atoms with Crippen LogP contribution in [0.2, 0.25) is 0 Å². The fourth-order valence-electron chi connectivity index (χ4n) is 2.10. The summed E-state index contributed by atoms with van der Waals surface area (Å²) in [6, 6.07) is 0. The van der Waals surface area contributed by atoms with Gasteiger partial charge in [-0.1, -0.05) is 77.6 Å². The zero-order chi connectivity index (χ0) is 13.5. The van der Waals surface area contributed by atoms with E-state index in [1.165, 1.54) is 64.2 Å². The van der Waals surface area contributed by atoms with Gasteiger partial charge in [0.1, 0.15) is 0 Å². The maximum Gasteiger partial charge on any atom is 1.00 e. The number of hydrogen-bond donors (Lipinski definition) is 1. The van der Waals surface area contributed by atoms with Gasteiger partial charge in [0.25, 0.3) is 0 Å². The van der Waals surface area contributed by atoms with Gasteiger partial charge in [-0.05, 0) is 6.42 Å². The number of rotatable bonds is 13. The van der Waals surface area contributed by atoms with Crippen molar-refractivity contribution in [2.24, 2.45) is 0 Å². The normalized spacial score (nSPS) is 9.95. The molecule has 0 spiro atoms. The molecule has 0 amide bonds. The molecular weight excluding hydrogens is 235 g/mol. The van der Waals surface area contributed by atoms with E-state index in [1.54, 1.807) is 0 Å². The zero-order valence-corrected chi connectivity index (χ0v) is 13.0. The van der Waals surface area contributed by atoms with E-state index in [9.17, 15) is 4.79 Å². The van der Waals surface area contributed by atoms with Crippen LogP contribution in [0.25, 0.3) is 0 Å². The summed E-state index contributed by atoms with van der Waals surface area (Å²) in [4.78, 5) is 10.1. The Hall–Kier alpha value is -0.133. The van der Waals surface area contributed by atoms with Gasteiger partial charge in [-0.15, -0.1) is 0 Å². The molecule has 3 nitrogen and oxygen atoms in total. The van der Waals surface area contributed by atoms with E-state index in [-0.39, 0.29) is 20.3 Å². The van der Waals surface area contributed by atoms with Crippen LogP contribution in [-0.4, -0.2) is 17.9 Å². The van der Waals surface area contributed by atoms with Gasteiger partial charge >= 0.3 is 25.0 Å². The first-order valence-electron chi connectivity index (χ1n) is 7.63. The van der Waals surface area contributed by atoms with Crippen LogP contribution in [0.5, 0.6) is 0 Å². The molecule has 0 radical (unpaired) electrons. The summed E-state index contributed by atoms with van der Waals surface area (Å²) in [6.07, 6.45) is 14.3. The van der Waals surface area contributed by atoms with Crippen LogP contribution in [0.15, 0.2) is 0 Å². The van der Waals surface area contributed by atoms with Gasteiger partial charge in [0.15, 0.2) is 0 Å². The van der Waals surface area contributed by atoms with Crippen molar-refractivity contribution < 1.29 is 34.9 Å². The molecule has 0 heterocycles. The van der Waals surface area contributed by atoms with E-state index in [0.29, 0.717) is 6.61 Å². The molecule has 0 aliphatic rings. The Morgan fingerprint density at radius 2 is 1.21 bits per heavy atom. The predicted octanol–water partition coefficient (Wildman–Crippen LogP) is 2.50. The minimum absolute atomic E-state index is 0. The van der Waals surface area contributed by atoms with Crippen LogP contribution >= 0.6 is 0 Å². The van der Waals surface area contributed by atoms with Crippen molar-refractivity contribution >= 4 is 6.16 Å². The molecule has 0 aromatic rings. The SMILES string of the molecule is CCCCCCCCCCCCCCOC(=O)O.[H-].[Li+]. The molecule has 19 heavy (non-hydrogen) atoms. The predicted molar refractivity (Wildman–Crippen MR) is 76.2 cm³/mol. The summed E-state index contributed by atoms with van der Waals surface area (Å²) < 4.78 is 4.45. The molecule has 0 atom stereocenters. The Morgan fingerprint density at radius 3 is 1.58 bits per heavy atom. The van der Waals surface area contributed by atoms with Gasteiger partial charge < -0.3 is 11.3 Å². The van der Waals surface area contributed by atoms with E-state index in [1.807, 2.05) is 0 Å². The average Bonchev–Trinajstić information content (AvgIpc) is 2.34. The first-order chi connectivity index (χ1) is 8.77. The Balaban J connectivity index is -0.00000144. The molecule has 0 aliphatic heterocycles. The van der Waals surface area contributed by atoms with Crippen LogP contribution in [-0.2, 0) is 4.74 Å². The van der Waals surface area contributed by atoms with E-state index in [4.69, 9.17) is 5.11 Å². The van der Waals surface area contributed by atoms with Gasteiger partial charge in [0.2, 0.25) is 0 Å². The summed E-state index contributed by atoms with van der Waals surface area (Å²) in [7, 11) is 0. The molecule has 0 saturated heterocycles. The molecule has 0 unspecified atom stereocenters. The van der Waals surface area contributed by atoms with E-state index in [2.05, 4.69) is 11.7 Å². The van der Waals surface area contributed by atoms with Crippen molar-refractivity contribution in [3.05, 3.63) is 0 Å². The third-order valence-electron chi connectivity index (χ3n) is 3.22. The molecule has 0 aliphatic carbocycles. The topological polar surface area (TPSA) is 46.5 Å². The Morgan fingerprint density at radius 1 is 0.842 bits per heavy atom. The van der Waals surface area contributed by atoms with Crippen molar-refractivity contribution in [2.45, 2.75) is 84.0 Å². The summed E-state index contributed by atoms with van der Waals surface area (Å²) in [5.41, 5.74) is 0. The quantitative estimate of drug-likeness (QED) is 0.316. The van der Waals surface area contributed by atoms with Gasteiger partial charge in [0, 0.05) is 0 Å². The van der Waals surface area contributed by atoms with Gasteiger partial charge in [0.05, 0.1) is 6.61 Å². The number of ether oxygens (including phenoxy) is 1. The van der Waals surface area contributed by atoms with E-state index in [0.717, 1.165) is 12.8 Å². The maximum atomic E-state index is 10.1. The van der Waals surface area contributed by atoms with Crippen LogP contribution in [0, 0.1) is 0 Å². The molecule has 0 bridgehead atoms. The van der Waals surface area contributed by atoms with E-state index >= 15 is 0 Å². The third kappa shape index (κ3) is 20.4. The van der Waals surface area contributed by atoms with Gasteiger partial charge in [-0.3, -0.25) is 0 Å². The smallest absolute Gasteiger partial charge is 1.00 e. The van der Waals surface area contributed by atoms with Crippen molar-refractivity contribution in [1.29, 1.82) is 0 Å². The molecular formula is C15H31LiO3. The van der Waals surface area contributed by atoms with Crippen molar-refractivity contribution in [1.82, 2.24) is 0 Å². The van der Waals surface area contributed by atoms with Crippen LogP contribution in [0.4, 0.5) is 4.79 Å². The summed E-state index contributed by atoms with van der Waals surface area (Å²) in [6.45, 7) is 2.61. The number of carbonyl (C=O) groups is 1. The molecule has 0 aromatic heterocycles. The molecule has 0 rings (SSSR count). The Labute approximate surface area is 132 Å². The van der Waals surface area contributed by atoms with Gasteiger partial charge in [-0.2, -0.15) is 0 Å². The minimum atomic E-state index is -1.15. The average molecular weight is 266 g/mol.